The fourth-order valence-corrected chi connectivity index (χ4v) is 2.20. The molecule has 0 saturated heterocycles. The van der Waals surface area contributed by atoms with Crippen LogP contribution in [0, 0.1) is 12.3 Å². The van der Waals surface area contributed by atoms with Gasteiger partial charge in [-0.05, 0) is 13.0 Å². The van der Waals surface area contributed by atoms with Gasteiger partial charge in [-0.2, -0.15) is 5.10 Å². The van der Waals surface area contributed by atoms with Crippen molar-refractivity contribution in [1.82, 2.24) is 15.1 Å². The second-order valence-corrected chi connectivity index (χ2v) is 6.53. The average Bonchev–Trinajstić information content (AvgIpc) is 2.78. The molecule has 0 saturated carbocycles. The Morgan fingerprint density at radius 1 is 1.23 bits per heavy atom. The van der Waals surface area contributed by atoms with Gasteiger partial charge in [-0.3, -0.25) is 14.3 Å². The smallest absolute Gasteiger partial charge is 0.222 e. The lowest BCUT2D eigenvalue weighted by atomic mass is 9.91. The lowest BCUT2D eigenvalue weighted by Gasteiger charge is -2.16. The van der Waals surface area contributed by atoms with Gasteiger partial charge in [0.1, 0.15) is 0 Å². The first-order valence-corrected chi connectivity index (χ1v) is 7.51. The van der Waals surface area contributed by atoms with Crippen molar-refractivity contribution in [3.05, 3.63) is 30.0 Å². The van der Waals surface area contributed by atoms with Crippen LogP contribution in [0.5, 0.6) is 0 Å². The van der Waals surface area contributed by atoms with Crippen LogP contribution in [0.1, 0.15) is 32.9 Å². The highest BCUT2D eigenvalue weighted by molar-refractivity contribution is 5.89. The Hall–Kier alpha value is -2.17. The Morgan fingerprint density at radius 3 is 2.59 bits per heavy atom. The Labute approximate surface area is 130 Å². The van der Waals surface area contributed by atoms with E-state index in [0.29, 0.717) is 13.0 Å². The number of benzene rings is 1. The normalized spacial score (nSPS) is 11.6. The molecule has 22 heavy (non-hydrogen) atoms. The largest absolute Gasteiger partial charge is 0.349 e. The molecule has 5 heteroatoms. The van der Waals surface area contributed by atoms with Gasteiger partial charge in [0.05, 0.1) is 24.3 Å². The van der Waals surface area contributed by atoms with E-state index in [1.54, 1.807) is 0 Å². The Morgan fingerprint density at radius 2 is 1.91 bits per heavy atom. The summed E-state index contributed by atoms with van der Waals surface area (Å²) >= 11 is 0. The molecule has 0 fully saturated rings. The van der Waals surface area contributed by atoms with E-state index in [-0.39, 0.29) is 18.2 Å². The second kappa shape index (κ2) is 6.30. The molecule has 1 aromatic heterocycles. The maximum Gasteiger partial charge on any atom is 0.222 e. The van der Waals surface area contributed by atoms with Gasteiger partial charge in [0.2, 0.25) is 5.91 Å². The van der Waals surface area contributed by atoms with E-state index in [1.807, 2.05) is 56.6 Å². The highest BCUT2D eigenvalue weighted by Crippen LogP contribution is 2.17. The van der Waals surface area contributed by atoms with Crippen molar-refractivity contribution in [2.75, 3.05) is 6.54 Å². The number of nitrogens with one attached hydrogen (secondary N) is 1. The molecule has 0 unspecified atom stereocenters. The first-order valence-electron chi connectivity index (χ1n) is 7.51. The van der Waals surface area contributed by atoms with Crippen LogP contribution in [0.25, 0.3) is 10.9 Å². The van der Waals surface area contributed by atoms with E-state index < -0.39 is 5.41 Å². The minimum absolute atomic E-state index is 0.0289. The minimum Gasteiger partial charge on any atom is -0.349 e. The zero-order chi connectivity index (χ0) is 16.3. The fraction of sp³-hybridized carbons (Fsp3) is 0.471. The zero-order valence-corrected chi connectivity index (χ0v) is 13.6. The van der Waals surface area contributed by atoms with Crippen molar-refractivity contribution in [2.24, 2.45) is 5.41 Å². The molecule has 5 nitrogen and oxygen atoms in total. The number of aromatic nitrogens is 2. The second-order valence-electron chi connectivity index (χ2n) is 6.53. The number of aryl methyl sites for hydroxylation is 2. The van der Waals surface area contributed by atoms with Crippen molar-refractivity contribution in [1.29, 1.82) is 0 Å². The summed E-state index contributed by atoms with van der Waals surface area (Å²) in [6.45, 7) is 8.09. The van der Waals surface area contributed by atoms with Crippen molar-refractivity contribution in [3.8, 4) is 0 Å². The summed E-state index contributed by atoms with van der Waals surface area (Å²) in [4.78, 5) is 23.7. The summed E-state index contributed by atoms with van der Waals surface area (Å²) < 4.78 is 1.84. The SMILES string of the molecule is Cc1nn(CCC(=O)NCC(=O)C(C)(C)C)c2ccccc12. The third kappa shape index (κ3) is 3.72. The van der Waals surface area contributed by atoms with Crippen molar-refractivity contribution in [3.63, 3.8) is 0 Å². The van der Waals surface area contributed by atoms with Crippen LogP contribution in [0.3, 0.4) is 0 Å². The molecule has 1 aromatic carbocycles. The topological polar surface area (TPSA) is 64.0 Å². The first-order chi connectivity index (χ1) is 10.3. The van der Waals surface area contributed by atoms with Crippen LogP contribution in [-0.4, -0.2) is 28.0 Å². The number of amides is 1. The number of para-hydroxylation sites is 1. The number of carbonyl (C=O) groups excluding carboxylic acids is 2. The molecule has 1 N–H and O–H groups in total. The summed E-state index contributed by atoms with van der Waals surface area (Å²) in [5.74, 6) is -0.101. The molecule has 118 valence electrons. The summed E-state index contributed by atoms with van der Waals surface area (Å²) in [5, 5.41) is 8.25. The Balaban J connectivity index is 1.92. The summed E-state index contributed by atoms with van der Waals surface area (Å²) in [6.07, 6.45) is 0.308. The van der Waals surface area contributed by atoms with Gasteiger partial charge in [0.25, 0.3) is 0 Å². The van der Waals surface area contributed by atoms with Crippen molar-refractivity contribution >= 4 is 22.6 Å². The number of hydrogen-bond acceptors (Lipinski definition) is 3. The Kier molecular flexibility index (Phi) is 4.64. The monoisotopic (exact) mass is 301 g/mol. The minimum atomic E-state index is -0.428. The summed E-state index contributed by atoms with van der Waals surface area (Å²) in [7, 11) is 0. The van der Waals surface area contributed by atoms with Crippen LogP contribution in [0.4, 0.5) is 0 Å². The molecule has 2 aromatic rings. The van der Waals surface area contributed by atoms with Crippen molar-refractivity contribution in [2.45, 2.75) is 40.7 Å². The highest BCUT2D eigenvalue weighted by atomic mass is 16.2. The number of rotatable bonds is 5. The molecular weight excluding hydrogens is 278 g/mol. The molecule has 0 bridgehead atoms. The highest BCUT2D eigenvalue weighted by Gasteiger charge is 2.21. The molecule has 0 aliphatic rings. The van der Waals surface area contributed by atoms with E-state index in [4.69, 9.17) is 0 Å². The zero-order valence-electron chi connectivity index (χ0n) is 13.6. The molecule has 1 amide bonds. The maximum absolute atomic E-state index is 11.9. The molecule has 2 rings (SSSR count). The fourth-order valence-electron chi connectivity index (χ4n) is 2.20. The summed E-state index contributed by atoms with van der Waals surface area (Å²) in [5.41, 5.74) is 1.56. The standard InChI is InChI=1S/C17H23N3O2/c1-12-13-7-5-6-8-14(13)20(19-12)10-9-16(22)18-11-15(21)17(2,3)4/h5-8H,9-11H2,1-4H3,(H,18,22). The molecule has 0 aliphatic heterocycles. The van der Waals surface area contributed by atoms with Gasteiger partial charge in [-0.1, -0.05) is 39.0 Å². The molecule has 1 heterocycles. The lowest BCUT2D eigenvalue weighted by molar-refractivity contribution is -0.129. The van der Waals surface area contributed by atoms with Gasteiger partial charge in [-0.25, -0.2) is 0 Å². The van der Waals surface area contributed by atoms with E-state index in [9.17, 15) is 9.59 Å². The van der Waals surface area contributed by atoms with Crippen LogP contribution in [0.15, 0.2) is 24.3 Å². The van der Waals surface area contributed by atoms with Gasteiger partial charge < -0.3 is 5.32 Å². The van der Waals surface area contributed by atoms with Gasteiger partial charge in [0, 0.05) is 17.2 Å². The number of carbonyl (C=O) groups is 2. The van der Waals surface area contributed by atoms with Gasteiger partial charge in [0.15, 0.2) is 5.78 Å². The predicted octanol–water partition coefficient (Wildman–Crippen LogP) is 2.47. The Bertz CT molecular complexity index is 695. The molecule has 0 spiro atoms. The molecule has 0 atom stereocenters. The summed E-state index contributed by atoms with van der Waals surface area (Å²) in [6, 6.07) is 7.96. The number of hydrogen-bond donors (Lipinski definition) is 1. The molecule has 0 radical (unpaired) electrons. The lowest BCUT2D eigenvalue weighted by Crippen LogP contribution is -2.35. The maximum atomic E-state index is 11.9. The number of fused-ring (bicyclic) bond motifs is 1. The van der Waals surface area contributed by atoms with Gasteiger partial charge in [-0.15, -0.1) is 0 Å². The quantitative estimate of drug-likeness (QED) is 0.922. The van der Waals surface area contributed by atoms with Crippen LogP contribution < -0.4 is 5.32 Å². The third-order valence-corrected chi connectivity index (χ3v) is 3.68. The molecule has 0 aliphatic carbocycles. The van der Waals surface area contributed by atoms with Gasteiger partial charge >= 0.3 is 0 Å². The number of ketones is 1. The van der Waals surface area contributed by atoms with Crippen LogP contribution in [0.2, 0.25) is 0 Å². The number of nitrogens with zero attached hydrogens (tertiary/aromatic N) is 2. The van der Waals surface area contributed by atoms with E-state index >= 15 is 0 Å². The average molecular weight is 301 g/mol. The third-order valence-electron chi connectivity index (χ3n) is 3.68. The van der Waals surface area contributed by atoms with Crippen LogP contribution >= 0.6 is 0 Å². The molecular formula is C17H23N3O2. The van der Waals surface area contributed by atoms with Crippen molar-refractivity contribution < 1.29 is 9.59 Å². The van der Waals surface area contributed by atoms with Crippen LogP contribution in [-0.2, 0) is 16.1 Å². The van der Waals surface area contributed by atoms with E-state index in [0.717, 1.165) is 16.6 Å². The number of Topliss-reactive ketones (excluding diaryl/α,β-unsaturated/α-hetero) is 1. The van der Waals surface area contributed by atoms with E-state index in [1.165, 1.54) is 0 Å². The predicted molar refractivity (Wildman–Crippen MR) is 86.6 cm³/mol. The van der Waals surface area contributed by atoms with E-state index in [2.05, 4.69) is 10.4 Å². The first kappa shape index (κ1) is 16.2.